The second kappa shape index (κ2) is 10.2. The number of hydrogen-bond acceptors (Lipinski definition) is 4. The van der Waals surface area contributed by atoms with Crippen molar-refractivity contribution in [3.63, 3.8) is 0 Å². The van der Waals surface area contributed by atoms with Gasteiger partial charge in [-0.2, -0.15) is 0 Å². The number of amides is 3. The molecule has 3 amide bonds. The molecule has 3 N–H and O–H groups in total. The number of carbonyl (C=O) groups is 3. The summed E-state index contributed by atoms with van der Waals surface area (Å²) in [5.41, 5.74) is 6.84. The Bertz CT molecular complexity index is 627. The van der Waals surface area contributed by atoms with Crippen molar-refractivity contribution >= 4 is 35.2 Å². The van der Waals surface area contributed by atoms with Crippen LogP contribution in [0.4, 0.5) is 5.69 Å². The normalized spacial score (nSPS) is 15.8. The molecule has 1 fully saturated rings. The van der Waals surface area contributed by atoms with E-state index in [1.165, 1.54) is 18.2 Å². The molecule has 0 aliphatic heterocycles. The van der Waals surface area contributed by atoms with Gasteiger partial charge in [-0.05, 0) is 38.8 Å². The number of rotatable bonds is 6. The lowest BCUT2D eigenvalue weighted by atomic mass is 9.89. The molecule has 26 heavy (non-hydrogen) atoms. The predicted molar refractivity (Wildman–Crippen MR) is 105 cm³/mol. The average molecular weight is 378 g/mol. The fourth-order valence-electron chi connectivity index (χ4n) is 2.80. The summed E-state index contributed by atoms with van der Waals surface area (Å²) < 4.78 is 0. The van der Waals surface area contributed by atoms with Crippen LogP contribution < -0.4 is 16.2 Å². The molecule has 6 nitrogen and oxygen atoms in total. The molecule has 1 aliphatic carbocycles. The van der Waals surface area contributed by atoms with Crippen LogP contribution in [0.1, 0.15) is 44.6 Å². The Morgan fingerprint density at radius 2 is 1.73 bits per heavy atom. The molecule has 1 aromatic carbocycles. The van der Waals surface area contributed by atoms with Gasteiger partial charge in [0, 0.05) is 11.6 Å². The van der Waals surface area contributed by atoms with Crippen molar-refractivity contribution in [3.8, 4) is 0 Å². The Morgan fingerprint density at radius 1 is 1.08 bits per heavy atom. The van der Waals surface area contributed by atoms with E-state index in [-0.39, 0.29) is 29.4 Å². The van der Waals surface area contributed by atoms with Crippen LogP contribution in [-0.4, -0.2) is 28.7 Å². The van der Waals surface area contributed by atoms with Crippen LogP contribution in [0.25, 0.3) is 0 Å². The molecule has 0 bridgehead atoms. The first kappa shape index (κ1) is 20.3. The number of hydrazine groups is 1. The highest BCUT2D eigenvalue weighted by molar-refractivity contribution is 8.01. The van der Waals surface area contributed by atoms with Crippen LogP contribution in [-0.2, 0) is 14.4 Å². The van der Waals surface area contributed by atoms with E-state index < -0.39 is 5.25 Å². The molecular formula is C19H27N3O3S. The summed E-state index contributed by atoms with van der Waals surface area (Å²) in [7, 11) is 0. The first-order valence-corrected chi connectivity index (χ1v) is 10.1. The van der Waals surface area contributed by atoms with Crippen molar-refractivity contribution in [2.75, 3.05) is 11.1 Å². The predicted octanol–water partition coefficient (Wildman–Crippen LogP) is 2.78. The summed E-state index contributed by atoms with van der Waals surface area (Å²) in [5, 5.41) is 2.36. The van der Waals surface area contributed by atoms with Gasteiger partial charge in [-0.15, -0.1) is 11.8 Å². The lowest BCUT2D eigenvalue weighted by Gasteiger charge is -2.21. The molecule has 1 saturated carbocycles. The Morgan fingerprint density at radius 3 is 2.38 bits per heavy atom. The van der Waals surface area contributed by atoms with E-state index in [4.69, 9.17) is 0 Å². The smallest absolute Gasteiger partial charge is 0.251 e. The van der Waals surface area contributed by atoms with Crippen molar-refractivity contribution in [2.45, 2.75) is 51.2 Å². The number of hydrogen-bond donors (Lipinski definition) is 3. The average Bonchev–Trinajstić information content (AvgIpc) is 2.66. The van der Waals surface area contributed by atoms with Crippen molar-refractivity contribution < 1.29 is 14.4 Å². The molecule has 0 saturated heterocycles. The molecule has 0 radical (unpaired) electrons. The van der Waals surface area contributed by atoms with E-state index in [0.29, 0.717) is 0 Å². The van der Waals surface area contributed by atoms with E-state index in [2.05, 4.69) is 16.2 Å². The third kappa shape index (κ3) is 6.71. The Labute approximate surface area is 158 Å². The lowest BCUT2D eigenvalue weighted by molar-refractivity contribution is -0.131. The van der Waals surface area contributed by atoms with Gasteiger partial charge in [-0.25, -0.2) is 0 Å². The van der Waals surface area contributed by atoms with Crippen LogP contribution >= 0.6 is 11.8 Å². The fraction of sp³-hybridized carbons (Fsp3) is 0.526. The standard InChI is InChI=1S/C19H27N3O3S/c1-13-8-10-16(11-9-13)20-17(23)12-26-14(2)18(24)21-22-19(25)15-6-4-3-5-7-15/h8-11,14-15H,3-7,12H2,1-2H3,(H,20,23)(H,21,24)(H,22,25)/t14-/m0/s1. The molecule has 1 atom stereocenters. The highest BCUT2D eigenvalue weighted by Crippen LogP contribution is 2.23. The van der Waals surface area contributed by atoms with Gasteiger partial charge >= 0.3 is 0 Å². The van der Waals surface area contributed by atoms with Gasteiger partial charge in [0.25, 0.3) is 5.91 Å². The molecule has 2 rings (SSSR count). The van der Waals surface area contributed by atoms with Crippen LogP contribution in [0.15, 0.2) is 24.3 Å². The summed E-state index contributed by atoms with van der Waals surface area (Å²) in [6, 6.07) is 7.53. The maximum absolute atomic E-state index is 12.1. The fourth-order valence-corrected chi connectivity index (χ4v) is 3.49. The van der Waals surface area contributed by atoms with Crippen LogP contribution in [0.3, 0.4) is 0 Å². The maximum atomic E-state index is 12.1. The molecule has 7 heteroatoms. The molecular weight excluding hydrogens is 350 g/mol. The Hall–Kier alpha value is -2.02. The SMILES string of the molecule is Cc1ccc(NC(=O)CS[C@@H](C)C(=O)NNC(=O)C2CCCCC2)cc1. The monoisotopic (exact) mass is 377 g/mol. The van der Waals surface area contributed by atoms with E-state index in [1.807, 2.05) is 31.2 Å². The number of benzene rings is 1. The largest absolute Gasteiger partial charge is 0.325 e. The minimum atomic E-state index is -0.439. The summed E-state index contributed by atoms with van der Waals surface area (Å²) in [4.78, 5) is 36.0. The van der Waals surface area contributed by atoms with E-state index in [0.717, 1.165) is 36.9 Å². The third-order valence-electron chi connectivity index (χ3n) is 4.45. The highest BCUT2D eigenvalue weighted by Gasteiger charge is 2.22. The minimum Gasteiger partial charge on any atom is -0.325 e. The quantitative estimate of drug-likeness (QED) is 0.665. The zero-order chi connectivity index (χ0) is 18.9. The Balaban J connectivity index is 1.66. The van der Waals surface area contributed by atoms with Crippen LogP contribution in [0, 0.1) is 12.8 Å². The number of anilines is 1. The van der Waals surface area contributed by atoms with Gasteiger partial charge in [0.15, 0.2) is 0 Å². The summed E-state index contributed by atoms with van der Waals surface area (Å²) in [6.45, 7) is 3.70. The van der Waals surface area contributed by atoms with Crippen molar-refractivity contribution in [2.24, 2.45) is 5.92 Å². The van der Waals surface area contributed by atoms with E-state index in [1.54, 1.807) is 6.92 Å². The molecule has 142 valence electrons. The minimum absolute atomic E-state index is 0.00713. The highest BCUT2D eigenvalue weighted by atomic mass is 32.2. The topological polar surface area (TPSA) is 87.3 Å². The zero-order valence-corrected chi connectivity index (χ0v) is 16.2. The Kier molecular flexibility index (Phi) is 7.97. The summed E-state index contributed by atoms with van der Waals surface area (Å²) >= 11 is 1.23. The third-order valence-corrected chi connectivity index (χ3v) is 5.60. The second-order valence-corrected chi connectivity index (χ2v) is 8.01. The number of thioether (sulfide) groups is 1. The summed E-state index contributed by atoms with van der Waals surface area (Å²) in [5.74, 6) is -0.425. The van der Waals surface area contributed by atoms with E-state index >= 15 is 0 Å². The molecule has 0 heterocycles. The van der Waals surface area contributed by atoms with Crippen molar-refractivity contribution in [1.29, 1.82) is 0 Å². The second-order valence-electron chi connectivity index (χ2n) is 6.68. The first-order chi connectivity index (χ1) is 12.5. The number of nitrogens with one attached hydrogen (secondary N) is 3. The van der Waals surface area contributed by atoms with Gasteiger partial charge in [-0.3, -0.25) is 25.2 Å². The first-order valence-electron chi connectivity index (χ1n) is 9.03. The van der Waals surface area contributed by atoms with Crippen LogP contribution in [0.5, 0.6) is 0 Å². The van der Waals surface area contributed by atoms with Gasteiger partial charge in [0.05, 0.1) is 11.0 Å². The van der Waals surface area contributed by atoms with Gasteiger partial charge < -0.3 is 5.32 Å². The van der Waals surface area contributed by atoms with Crippen molar-refractivity contribution in [3.05, 3.63) is 29.8 Å². The lowest BCUT2D eigenvalue weighted by Crippen LogP contribution is -2.47. The maximum Gasteiger partial charge on any atom is 0.251 e. The van der Waals surface area contributed by atoms with Gasteiger partial charge in [0.2, 0.25) is 11.8 Å². The number of aryl methyl sites for hydroxylation is 1. The number of carbonyl (C=O) groups excluding carboxylic acids is 3. The van der Waals surface area contributed by atoms with Crippen molar-refractivity contribution in [1.82, 2.24) is 10.9 Å². The molecule has 1 aliphatic rings. The van der Waals surface area contributed by atoms with Gasteiger partial charge in [-0.1, -0.05) is 37.0 Å². The molecule has 0 spiro atoms. The molecule has 0 unspecified atom stereocenters. The molecule has 1 aromatic rings. The van der Waals surface area contributed by atoms with Gasteiger partial charge in [0.1, 0.15) is 0 Å². The summed E-state index contributed by atoms with van der Waals surface area (Å²) in [6.07, 6.45) is 5.06. The van der Waals surface area contributed by atoms with Crippen LogP contribution in [0.2, 0.25) is 0 Å². The van der Waals surface area contributed by atoms with E-state index in [9.17, 15) is 14.4 Å². The zero-order valence-electron chi connectivity index (χ0n) is 15.3. The molecule has 0 aromatic heterocycles.